The molecule has 0 amide bonds. The number of benzene rings is 1. The Hall–Kier alpha value is -0.620. The highest BCUT2D eigenvalue weighted by Crippen LogP contribution is 2.28. The quantitative estimate of drug-likeness (QED) is 0.779. The van der Waals surface area contributed by atoms with Crippen LogP contribution in [-0.2, 0) is 6.54 Å². The normalized spacial score (nSPS) is 23.7. The van der Waals surface area contributed by atoms with E-state index in [9.17, 15) is 10.2 Å². The summed E-state index contributed by atoms with van der Waals surface area (Å²) in [6.45, 7) is 4.75. The molecule has 100 valence electrons. The maximum Gasteiger partial charge on any atom is 0.0990 e. The van der Waals surface area contributed by atoms with E-state index in [0.717, 1.165) is 23.2 Å². The van der Waals surface area contributed by atoms with E-state index in [2.05, 4.69) is 34.2 Å². The van der Waals surface area contributed by atoms with Gasteiger partial charge in [0, 0.05) is 29.8 Å². The van der Waals surface area contributed by atoms with Crippen LogP contribution in [0.1, 0.15) is 12.5 Å². The lowest BCUT2D eigenvalue weighted by Gasteiger charge is -2.22. The van der Waals surface area contributed by atoms with Gasteiger partial charge in [-0.25, -0.2) is 0 Å². The summed E-state index contributed by atoms with van der Waals surface area (Å²) >= 11 is 3.47. The first kappa shape index (κ1) is 13.8. The molecule has 0 saturated carbocycles. The van der Waals surface area contributed by atoms with Crippen molar-refractivity contribution in [2.75, 3.05) is 24.5 Å². The van der Waals surface area contributed by atoms with Crippen molar-refractivity contribution in [1.82, 2.24) is 5.32 Å². The van der Waals surface area contributed by atoms with Crippen molar-refractivity contribution in [1.29, 1.82) is 0 Å². The fraction of sp³-hybridized carbons (Fsp3) is 0.538. The Labute approximate surface area is 116 Å². The van der Waals surface area contributed by atoms with Gasteiger partial charge in [-0.15, -0.1) is 0 Å². The molecule has 2 rings (SSSR count). The minimum Gasteiger partial charge on any atom is -0.389 e. The van der Waals surface area contributed by atoms with Crippen LogP contribution in [-0.4, -0.2) is 42.1 Å². The SMILES string of the molecule is CCNCc1ccc(Br)cc1N1CC(O)C(O)C1. The van der Waals surface area contributed by atoms with Crippen molar-refractivity contribution < 1.29 is 10.2 Å². The highest BCUT2D eigenvalue weighted by Gasteiger charge is 2.30. The minimum absolute atomic E-state index is 0.483. The number of hydrogen-bond donors (Lipinski definition) is 3. The van der Waals surface area contributed by atoms with Crippen LogP contribution < -0.4 is 10.2 Å². The van der Waals surface area contributed by atoms with Gasteiger partial charge in [-0.3, -0.25) is 0 Å². The summed E-state index contributed by atoms with van der Waals surface area (Å²) in [5.74, 6) is 0. The number of nitrogens with one attached hydrogen (secondary N) is 1. The Morgan fingerprint density at radius 2 is 2.00 bits per heavy atom. The molecule has 1 aromatic rings. The molecule has 4 nitrogen and oxygen atoms in total. The third kappa shape index (κ3) is 3.03. The zero-order valence-electron chi connectivity index (χ0n) is 10.4. The molecule has 1 fully saturated rings. The Kier molecular flexibility index (Phi) is 4.61. The third-order valence-corrected chi connectivity index (χ3v) is 3.71. The van der Waals surface area contributed by atoms with E-state index in [0.29, 0.717) is 13.1 Å². The number of aliphatic hydroxyl groups excluding tert-OH is 2. The summed E-state index contributed by atoms with van der Waals surface area (Å²) in [7, 11) is 0. The van der Waals surface area contributed by atoms with Gasteiger partial charge in [0.25, 0.3) is 0 Å². The molecule has 0 radical (unpaired) electrons. The van der Waals surface area contributed by atoms with Crippen LogP contribution in [0, 0.1) is 0 Å². The van der Waals surface area contributed by atoms with Gasteiger partial charge in [0.1, 0.15) is 0 Å². The van der Waals surface area contributed by atoms with Crippen molar-refractivity contribution in [3.05, 3.63) is 28.2 Å². The van der Waals surface area contributed by atoms with Gasteiger partial charge >= 0.3 is 0 Å². The third-order valence-electron chi connectivity index (χ3n) is 3.21. The minimum atomic E-state index is -0.657. The van der Waals surface area contributed by atoms with Crippen LogP contribution in [0.15, 0.2) is 22.7 Å². The van der Waals surface area contributed by atoms with Crippen LogP contribution in [0.5, 0.6) is 0 Å². The lowest BCUT2D eigenvalue weighted by Crippen LogP contribution is -2.24. The molecule has 1 saturated heterocycles. The van der Waals surface area contributed by atoms with Gasteiger partial charge in [-0.1, -0.05) is 28.9 Å². The fourth-order valence-electron chi connectivity index (χ4n) is 2.21. The molecule has 1 aromatic carbocycles. The highest BCUT2D eigenvalue weighted by molar-refractivity contribution is 9.10. The molecule has 2 atom stereocenters. The van der Waals surface area contributed by atoms with Crippen LogP contribution in [0.4, 0.5) is 5.69 Å². The van der Waals surface area contributed by atoms with Crippen LogP contribution in [0.25, 0.3) is 0 Å². The lowest BCUT2D eigenvalue weighted by atomic mass is 10.1. The van der Waals surface area contributed by atoms with Crippen LogP contribution in [0.2, 0.25) is 0 Å². The van der Waals surface area contributed by atoms with Crippen molar-refractivity contribution >= 4 is 21.6 Å². The number of aliphatic hydroxyl groups is 2. The second-order valence-electron chi connectivity index (χ2n) is 4.59. The summed E-state index contributed by atoms with van der Waals surface area (Å²) in [5.41, 5.74) is 2.25. The Bertz CT molecular complexity index is 404. The van der Waals surface area contributed by atoms with Crippen molar-refractivity contribution in [3.8, 4) is 0 Å². The molecule has 0 aliphatic carbocycles. The molecule has 18 heavy (non-hydrogen) atoms. The smallest absolute Gasteiger partial charge is 0.0990 e. The van der Waals surface area contributed by atoms with Crippen molar-refractivity contribution in [3.63, 3.8) is 0 Å². The lowest BCUT2D eigenvalue weighted by molar-refractivity contribution is 0.0572. The van der Waals surface area contributed by atoms with E-state index in [1.807, 2.05) is 17.0 Å². The van der Waals surface area contributed by atoms with Gasteiger partial charge in [0.15, 0.2) is 0 Å². The molecule has 0 aromatic heterocycles. The average molecular weight is 315 g/mol. The average Bonchev–Trinajstić information content (AvgIpc) is 2.68. The van der Waals surface area contributed by atoms with Gasteiger partial charge in [-0.05, 0) is 24.2 Å². The number of anilines is 1. The van der Waals surface area contributed by atoms with Crippen LogP contribution >= 0.6 is 15.9 Å². The molecule has 2 unspecified atom stereocenters. The van der Waals surface area contributed by atoms with Gasteiger partial charge in [0.2, 0.25) is 0 Å². The summed E-state index contributed by atoms with van der Waals surface area (Å²) in [6, 6.07) is 6.12. The molecule has 0 bridgehead atoms. The molecule has 3 N–H and O–H groups in total. The Morgan fingerprint density at radius 1 is 1.33 bits per heavy atom. The van der Waals surface area contributed by atoms with E-state index in [1.54, 1.807) is 0 Å². The maximum atomic E-state index is 9.65. The predicted octanol–water partition coefficient (Wildman–Crippen LogP) is 1.10. The molecular weight excluding hydrogens is 296 g/mol. The molecule has 1 heterocycles. The first-order valence-corrected chi connectivity index (χ1v) is 7.01. The van der Waals surface area contributed by atoms with Gasteiger partial charge in [0.05, 0.1) is 12.2 Å². The van der Waals surface area contributed by atoms with Crippen molar-refractivity contribution in [2.24, 2.45) is 0 Å². The van der Waals surface area contributed by atoms with Gasteiger partial charge < -0.3 is 20.4 Å². The van der Waals surface area contributed by atoms with E-state index in [-0.39, 0.29) is 0 Å². The Balaban J connectivity index is 2.22. The topological polar surface area (TPSA) is 55.7 Å². The first-order chi connectivity index (χ1) is 8.61. The first-order valence-electron chi connectivity index (χ1n) is 6.22. The van der Waals surface area contributed by atoms with Crippen molar-refractivity contribution in [2.45, 2.75) is 25.7 Å². The molecule has 0 spiro atoms. The zero-order valence-corrected chi connectivity index (χ0v) is 12.0. The summed E-state index contributed by atoms with van der Waals surface area (Å²) in [4.78, 5) is 2.03. The molecular formula is C13H19BrN2O2. The molecule has 1 aliphatic heterocycles. The fourth-order valence-corrected chi connectivity index (χ4v) is 2.56. The molecule has 1 aliphatic rings. The number of hydrogen-bond acceptors (Lipinski definition) is 4. The highest BCUT2D eigenvalue weighted by atomic mass is 79.9. The molecule has 5 heteroatoms. The summed E-state index contributed by atoms with van der Waals surface area (Å²) in [6.07, 6.45) is -1.31. The number of rotatable bonds is 4. The monoisotopic (exact) mass is 314 g/mol. The number of halogens is 1. The van der Waals surface area contributed by atoms with E-state index < -0.39 is 12.2 Å². The second-order valence-corrected chi connectivity index (χ2v) is 5.51. The zero-order chi connectivity index (χ0) is 13.1. The largest absolute Gasteiger partial charge is 0.389 e. The summed E-state index contributed by atoms with van der Waals surface area (Å²) in [5, 5.41) is 22.6. The van der Waals surface area contributed by atoms with Crippen LogP contribution in [0.3, 0.4) is 0 Å². The van der Waals surface area contributed by atoms with E-state index in [1.165, 1.54) is 5.56 Å². The van der Waals surface area contributed by atoms with E-state index in [4.69, 9.17) is 0 Å². The number of β-amino-alcohol motifs (C(OH)–C–C–N with tert-alkyl or cyclic N) is 2. The standard InChI is InChI=1S/C13H19BrN2O2/c1-2-15-6-9-3-4-10(14)5-11(9)16-7-12(17)13(18)8-16/h3-5,12-13,15,17-18H,2,6-8H2,1H3. The van der Waals surface area contributed by atoms with Gasteiger partial charge in [-0.2, -0.15) is 0 Å². The Morgan fingerprint density at radius 3 is 2.61 bits per heavy atom. The second kappa shape index (κ2) is 6.02. The summed E-state index contributed by atoms with van der Waals surface area (Å²) < 4.78 is 1.01. The van der Waals surface area contributed by atoms with E-state index >= 15 is 0 Å². The number of nitrogens with zero attached hydrogens (tertiary/aromatic N) is 1. The maximum absolute atomic E-state index is 9.65. The predicted molar refractivity (Wildman–Crippen MR) is 75.7 cm³/mol.